The fourth-order valence-corrected chi connectivity index (χ4v) is 3.09. The predicted molar refractivity (Wildman–Crippen MR) is 103 cm³/mol. The average molecular weight is 407 g/mol. The van der Waals surface area contributed by atoms with Crippen LogP contribution in [0.2, 0.25) is 0 Å². The molecule has 0 N–H and O–H groups in total. The lowest BCUT2D eigenvalue weighted by atomic mass is 10.0. The van der Waals surface area contributed by atoms with E-state index in [2.05, 4.69) is 27.1 Å². The van der Waals surface area contributed by atoms with E-state index in [1.54, 1.807) is 6.07 Å². The second kappa shape index (κ2) is 7.95. The van der Waals surface area contributed by atoms with Crippen LogP contribution in [0.3, 0.4) is 0 Å². The van der Waals surface area contributed by atoms with Crippen LogP contribution in [0.1, 0.15) is 12.8 Å². The SMILES string of the molecule is N#CCC[C@H](C#N)Cn1nc(-c2ccc(Br)cc2)c2ccccc2c1=O. The average Bonchev–Trinajstić information content (AvgIpc) is 2.67. The topological polar surface area (TPSA) is 82.5 Å². The summed E-state index contributed by atoms with van der Waals surface area (Å²) in [6.07, 6.45) is 0.696. The first-order valence-electron chi connectivity index (χ1n) is 8.16. The van der Waals surface area contributed by atoms with Gasteiger partial charge >= 0.3 is 0 Å². The van der Waals surface area contributed by atoms with E-state index in [1.165, 1.54) is 4.68 Å². The summed E-state index contributed by atoms with van der Waals surface area (Å²) in [6, 6.07) is 19.3. The second-order valence-corrected chi connectivity index (χ2v) is 6.83. The molecular weight excluding hydrogens is 392 g/mol. The third-order valence-electron chi connectivity index (χ3n) is 4.17. The molecule has 3 aromatic rings. The maximum atomic E-state index is 12.8. The van der Waals surface area contributed by atoms with Crippen LogP contribution >= 0.6 is 15.9 Å². The number of rotatable bonds is 5. The number of benzene rings is 2. The van der Waals surface area contributed by atoms with Gasteiger partial charge in [-0.25, -0.2) is 4.68 Å². The van der Waals surface area contributed by atoms with E-state index in [-0.39, 0.29) is 18.5 Å². The Morgan fingerprint density at radius 3 is 2.42 bits per heavy atom. The molecule has 0 aliphatic rings. The molecule has 1 aromatic heterocycles. The van der Waals surface area contributed by atoms with Gasteiger partial charge < -0.3 is 0 Å². The van der Waals surface area contributed by atoms with E-state index >= 15 is 0 Å². The molecule has 1 atom stereocenters. The van der Waals surface area contributed by atoms with Crippen molar-refractivity contribution in [2.45, 2.75) is 19.4 Å². The van der Waals surface area contributed by atoms with Gasteiger partial charge in [0.15, 0.2) is 0 Å². The molecule has 1 heterocycles. The van der Waals surface area contributed by atoms with Gasteiger partial charge in [0.1, 0.15) is 0 Å². The van der Waals surface area contributed by atoms with Crippen molar-refractivity contribution in [3.8, 4) is 23.4 Å². The number of hydrogen-bond acceptors (Lipinski definition) is 4. The Bertz CT molecular complexity index is 1070. The van der Waals surface area contributed by atoms with Gasteiger partial charge in [0.2, 0.25) is 0 Å². The van der Waals surface area contributed by atoms with Crippen LogP contribution in [0, 0.1) is 28.6 Å². The Hall–Kier alpha value is -2.96. The van der Waals surface area contributed by atoms with Crippen molar-refractivity contribution in [2.75, 3.05) is 0 Å². The Kier molecular flexibility index (Phi) is 5.46. The zero-order valence-electron chi connectivity index (χ0n) is 13.9. The summed E-state index contributed by atoms with van der Waals surface area (Å²) in [5.41, 5.74) is 1.37. The summed E-state index contributed by atoms with van der Waals surface area (Å²) in [6.45, 7) is 0.172. The molecule has 0 fully saturated rings. The molecule has 0 amide bonds. The van der Waals surface area contributed by atoms with Gasteiger partial charge in [0.25, 0.3) is 5.56 Å². The number of hydrogen-bond donors (Lipinski definition) is 0. The molecule has 0 unspecified atom stereocenters. The lowest BCUT2D eigenvalue weighted by Gasteiger charge is -2.13. The summed E-state index contributed by atoms with van der Waals surface area (Å²) < 4.78 is 2.31. The smallest absolute Gasteiger partial charge is 0.267 e. The monoisotopic (exact) mass is 406 g/mol. The van der Waals surface area contributed by atoms with Crippen LogP contribution in [0.5, 0.6) is 0 Å². The minimum Gasteiger partial charge on any atom is -0.267 e. The minimum atomic E-state index is -0.432. The maximum Gasteiger partial charge on any atom is 0.274 e. The third kappa shape index (κ3) is 3.66. The largest absolute Gasteiger partial charge is 0.274 e. The van der Waals surface area contributed by atoms with E-state index in [0.29, 0.717) is 17.5 Å². The van der Waals surface area contributed by atoms with E-state index in [1.807, 2.05) is 48.5 Å². The molecule has 0 saturated carbocycles. The Balaban J connectivity index is 2.14. The molecule has 0 aliphatic carbocycles. The van der Waals surface area contributed by atoms with Crippen LogP contribution in [0.25, 0.3) is 22.0 Å². The summed E-state index contributed by atoms with van der Waals surface area (Å²) in [4.78, 5) is 12.8. The Morgan fingerprint density at radius 2 is 1.77 bits per heavy atom. The first-order valence-corrected chi connectivity index (χ1v) is 8.95. The minimum absolute atomic E-state index is 0.172. The first kappa shape index (κ1) is 17.8. The molecule has 3 rings (SSSR count). The highest BCUT2D eigenvalue weighted by molar-refractivity contribution is 9.10. The highest BCUT2D eigenvalue weighted by Crippen LogP contribution is 2.26. The molecule has 0 spiro atoms. The standard InChI is InChI=1S/C20H15BrN4O/c21-16-9-7-15(8-10-16)19-17-5-1-2-6-18(17)20(26)25(24-19)13-14(12-23)4-3-11-22/h1-2,5-10,14H,3-4,13H2/t14-/m1/s1. The molecular formula is C20H15BrN4O. The Morgan fingerprint density at radius 1 is 1.08 bits per heavy atom. The maximum absolute atomic E-state index is 12.8. The highest BCUT2D eigenvalue weighted by atomic mass is 79.9. The van der Waals surface area contributed by atoms with Crippen molar-refractivity contribution in [2.24, 2.45) is 5.92 Å². The number of nitrogens with zero attached hydrogens (tertiary/aromatic N) is 4. The van der Waals surface area contributed by atoms with Gasteiger partial charge in [-0.3, -0.25) is 4.79 Å². The molecule has 0 radical (unpaired) electrons. The van der Waals surface area contributed by atoms with E-state index in [4.69, 9.17) is 5.26 Å². The van der Waals surface area contributed by atoms with Crippen LogP contribution in [0.15, 0.2) is 57.8 Å². The van der Waals surface area contributed by atoms with Crippen LogP contribution in [-0.4, -0.2) is 9.78 Å². The van der Waals surface area contributed by atoms with Gasteiger partial charge in [-0.1, -0.05) is 46.3 Å². The number of nitriles is 2. The van der Waals surface area contributed by atoms with E-state index in [9.17, 15) is 10.1 Å². The molecule has 2 aromatic carbocycles. The molecule has 5 nitrogen and oxygen atoms in total. The van der Waals surface area contributed by atoms with Crippen molar-refractivity contribution >= 4 is 26.7 Å². The lowest BCUT2D eigenvalue weighted by molar-refractivity contribution is 0.463. The predicted octanol–water partition coefficient (Wildman–Crippen LogP) is 4.27. The summed E-state index contributed by atoms with van der Waals surface area (Å²) in [5.74, 6) is -0.432. The zero-order chi connectivity index (χ0) is 18.5. The second-order valence-electron chi connectivity index (χ2n) is 5.91. The van der Waals surface area contributed by atoms with Crippen molar-refractivity contribution in [3.63, 3.8) is 0 Å². The molecule has 6 heteroatoms. The molecule has 128 valence electrons. The number of fused-ring (bicyclic) bond motifs is 1. The van der Waals surface area contributed by atoms with Crippen molar-refractivity contribution in [1.29, 1.82) is 10.5 Å². The van der Waals surface area contributed by atoms with Crippen molar-refractivity contribution < 1.29 is 0 Å². The first-order chi connectivity index (χ1) is 12.6. The summed E-state index contributed by atoms with van der Waals surface area (Å²) >= 11 is 3.42. The van der Waals surface area contributed by atoms with Gasteiger partial charge in [0.05, 0.1) is 35.7 Å². The third-order valence-corrected chi connectivity index (χ3v) is 4.69. The fraction of sp³-hybridized carbons (Fsp3) is 0.200. The highest BCUT2D eigenvalue weighted by Gasteiger charge is 2.15. The fourth-order valence-electron chi connectivity index (χ4n) is 2.82. The summed E-state index contributed by atoms with van der Waals surface area (Å²) in [5, 5.41) is 24.0. The van der Waals surface area contributed by atoms with E-state index in [0.717, 1.165) is 15.4 Å². The summed E-state index contributed by atoms with van der Waals surface area (Å²) in [7, 11) is 0. The van der Waals surface area contributed by atoms with Gasteiger partial charge in [-0.15, -0.1) is 0 Å². The van der Waals surface area contributed by atoms with Crippen LogP contribution in [-0.2, 0) is 6.54 Å². The van der Waals surface area contributed by atoms with Crippen molar-refractivity contribution in [3.05, 3.63) is 63.4 Å². The molecule has 26 heavy (non-hydrogen) atoms. The zero-order valence-corrected chi connectivity index (χ0v) is 15.5. The van der Waals surface area contributed by atoms with E-state index < -0.39 is 5.92 Å². The van der Waals surface area contributed by atoms with Crippen LogP contribution < -0.4 is 5.56 Å². The lowest BCUT2D eigenvalue weighted by Crippen LogP contribution is -2.27. The normalized spacial score (nSPS) is 11.7. The van der Waals surface area contributed by atoms with Gasteiger partial charge in [-0.2, -0.15) is 15.6 Å². The number of halogens is 1. The van der Waals surface area contributed by atoms with Crippen molar-refractivity contribution in [1.82, 2.24) is 9.78 Å². The number of aromatic nitrogens is 2. The molecule has 0 saturated heterocycles. The van der Waals surface area contributed by atoms with Crippen LogP contribution in [0.4, 0.5) is 0 Å². The van der Waals surface area contributed by atoms with Gasteiger partial charge in [-0.05, 0) is 24.6 Å². The quantitative estimate of drug-likeness (QED) is 0.633. The van der Waals surface area contributed by atoms with Gasteiger partial charge in [0, 0.05) is 21.8 Å². The Labute approximate surface area is 159 Å². The molecule has 0 aliphatic heterocycles. The molecule has 0 bridgehead atoms.